The van der Waals surface area contributed by atoms with Crippen LogP contribution < -0.4 is 0 Å². The van der Waals surface area contributed by atoms with Crippen molar-refractivity contribution >= 4 is 17.2 Å². The summed E-state index contributed by atoms with van der Waals surface area (Å²) in [6, 6.07) is 0. The van der Waals surface area contributed by atoms with Gasteiger partial charge in [0.25, 0.3) is 0 Å². The minimum absolute atomic E-state index is 0.0561. The maximum atomic E-state index is 11.9. The van der Waals surface area contributed by atoms with Crippen LogP contribution in [0.25, 0.3) is 0 Å². The third-order valence-corrected chi connectivity index (χ3v) is 4.18. The van der Waals surface area contributed by atoms with E-state index in [9.17, 15) is 9.90 Å². The number of rotatable bonds is 3. The summed E-state index contributed by atoms with van der Waals surface area (Å²) < 4.78 is 0. The second-order valence-electron chi connectivity index (χ2n) is 5.04. The predicted molar refractivity (Wildman–Crippen MR) is 66.9 cm³/mol. The van der Waals surface area contributed by atoms with E-state index < -0.39 is 5.60 Å². The van der Waals surface area contributed by atoms with Crippen molar-refractivity contribution in [2.24, 2.45) is 5.92 Å². The van der Waals surface area contributed by atoms with E-state index in [0.29, 0.717) is 19.5 Å². The molecule has 0 aromatic carbocycles. The molecule has 0 bridgehead atoms. The zero-order valence-electron chi connectivity index (χ0n) is 10.4. The Kier molecular flexibility index (Phi) is 3.23. The van der Waals surface area contributed by atoms with Crippen molar-refractivity contribution in [1.82, 2.24) is 9.88 Å². The molecule has 4 nitrogen and oxygen atoms in total. The summed E-state index contributed by atoms with van der Waals surface area (Å²) in [7, 11) is 0. The molecule has 2 heterocycles. The summed E-state index contributed by atoms with van der Waals surface area (Å²) in [6.45, 7) is 6.79. The zero-order valence-corrected chi connectivity index (χ0v) is 11.3. The highest BCUT2D eigenvalue weighted by molar-refractivity contribution is 7.09. The number of β-amino-alcohol motifs (C(OH)–C–C–N with tert-alkyl or cyclic N) is 1. The van der Waals surface area contributed by atoms with Gasteiger partial charge in [0.15, 0.2) is 0 Å². The number of amides is 1. The van der Waals surface area contributed by atoms with E-state index in [1.54, 1.807) is 16.2 Å². The van der Waals surface area contributed by atoms with Crippen molar-refractivity contribution in [3.05, 3.63) is 16.1 Å². The van der Waals surface area contributed by atoms with E-state index in [0.717, 1.165) is 10.7 Å². The van der Waals surface area contributed by atoms with Crippen molar-refractivity contribution in [1.29, 1.82) is 0 Å². The Morgan fingerprint density at radius 2 is 2.29 bits per heavy atom. The first-order chi connectivity index (χ1) is 7.90. The number of thiazole rings is 1. The summed E-state index contributed by atoms with van der Waals surface area (Å²) in [5.74, 6) is 0.244. The zero-order chi connectivity index (χ0) is 12.6. The molecule has 1 aromatic rings. The molecule has 0 saturated carbocycles. The number of carbonyl (C=O) groups is 1. The summed E-state index contributed by atoms with van der Waals surface area (Å²) in [5.41, 5.74) is 0.144. The molecule has 1 fully saturated rings. The molecule has 94 valence electrons. The van der Waals surface area contributed by atoms with Gasteiger partial charge >= 0.3 is 0 Å². The van der Waals surface area contributed by atoms with E-state index >= 15 is 0 Å². The molecule has 1 amide bonds. The van der Waals surface area contributed by atoms with Crippen molar-refractivity contribution in [3.63, 3.8) is 0 Å². The number of carbonyl (C=O) groups excluding carboxylic acids is 1. The van der Waals surface area contributed by atoms with Crippen LogP contribution in [0.2, 0.25) is 0 Å². The highest BCUT2D eigenvalue weighted by atomic mass is 32.1. The monoisotopic (exact) mass is 254 g/mol. The summed E-state index contributed by atoms with van der Waals surface area (Å²) in [6.07, 6.45) is 0.346. The Hall–Kier alpha value is -0.940. The van der Waals surface area contributed by atoms with Crippen molar-refractivity contribution < 1.29 is 9.90 Å². The van der Waals surface area contributed by atoms with Crippen LogP contribution in [0.4, 0.5) is 0 Å². The van der Waals surface area contributed by atoms with Crippen LogP contribution in [0.3, 0.4) is 0 Å². The van der Waals surface area contributed by atoms with Gasteiger partial charge in [-0.2, -0.15) is 0 Å². The highest BCUT2D eigenvalue weighted by Gasteiger charge is 2.45. The summed E-state index contributed by atoms with van der Waals surface area (Å²) >= 11 is 1.56. The Balaban J connectivity index is 1.88. The Bertz CT molecular complexity index is 422. The number of likely N-dealkylation sites (tertiary alicyclic amines) is 1. The lowest BCUT2D eigenvalue weighted by Gasteiger charge is -2.49. The molecule has 0 spiro atoms. The molecule has 0 atom stereocenters. The minimum atomic E-state index is -0.687. The van der Waals surface area contributed by atoms with E-state index in [4.69, 9.17) is 0 Å². The minimum Gasteiger partial charge on any atom is -0.386 e. The third-order valence-electron chi connectivity index (χ3n) is 3.36. The highest BCUT2D eigenvalue weighted by Crippen LogP contribution is 2.28. The molecule has 1 aliphatic heterocycles. The fraction of sp³-hybridized carbons (Fsp3) is 0.667. The van der Waals surface area contributed by atoms with Gasteiger partial charge in [-0.05, 0) is 12.8 Å². The Morgan fingerprint density at radius 3 is 2.76 bits per heavy atom. The van der Waals surface area contributed by atoms with Gasteiger partial charge < -0.3 is 10.0 Å². The smallest absolute Gasteiger partial charge is 0.228 e. The first-order valence-corrected chi connectivity index (χ1v) is 6.70. The number of hydrogen-bond acceptors (Lipinski definition) is 4. The molecule has 1 aliphatic rings. The molecule has 1 aromatic heterocycles. The van der Waals surface area contributed by atoms with E-state index in [1.165, 1.54) is 0 Å². The number of aliphatic hydroxyl groups is 1. The van der Waals surface area contributed by atoms with E-state index in [1.807, 2.05) is 26.2 Å². The van der Waals surface area contributed by atoms with Crippen LogP contribution in [0.1, 0.15) is 24.5 Å². The second-order valence-corrected chi connectivity index (χ2v) is 6.10. The number of aromatic nitrogens is 1. The van der Waals surface area contributed by atoms with E-state index in [2.05, 4.69) is 4.98 Å². The lowest BCUT2D eigenvalue weighted by molar-refractivity contribution is -0.163. The lowest BCUT2D eigenvalue weighted by Crippen LogP contribution is -2.66. The fourth-order valence-corrected chi connectivity index (χ4v) is 2.52. The molecule has 0 unspecified atom stereocenters. The largest absolute Gasteiger partial charge is 0.386 e. The van der Waals surface area contributed by atoms with Crippen molar-refractivity contribution in [3.8, 4) is 0 Å². The molecular weight excluding hydrogens is 236 g/mol. The quantitative estimate of drug-likeness (QED) is 0.882. The van der Waals surface area contributed by atoms with Crippen LogP contribution in [-0.2, 0) is 11.2 Å². The SMILES string of the molecule is Cc1nc(CC(=O)N2CC(O)(C(C)C)C2)cs1. The topological polar surface area (TPSA) is 53.4 Å². The summed E-state index contributed by atoms with van der Waals surface area (Å²) in [4.78, 5) is 17.9. The Morgan fingerprint density at radius 1 is 1.65 bits per heavy atom. The average molecular weight is 254 g/mol. The first kappa shape index (κ1) is 12.5. The van der Waals surface area contributed by atoms with Gasteiger partial charge in [-0.25, -0.2) is 4.98 Å². The maximum Gasteiger partial charge on any atom is 0.228 e. The van der Waals surface area contributed by atoms with Crippen LogP contribution in [0.15, 0.2) is 5.38 Å². The number of hydrogen-bond donors (Lipinski definition) is 1. The van der Waals surface area contributed by atoms with Crippen LogP contribution in [0.5, 0.6) is 0 Å². The van der Waals surface area contributed by atoms with Gasteiger partial charge in [-0.3, -0.25) is 4.79 Å². The number of aryl methyl sites for hydroxylation is 1. The molecule has 5 heteroatoms. The fourth-order valence-electron chi connectivity index (χ4n) is 1.91. The van der Waals surface area contributed by atoms with Gasteiger partial charge in [0.1, 0.15) is 5.60 Å². The molecule has 1 saturated heterocycles. The van der Waals surface area contributed by atoms with Crippen molar-refractivity contribution in [2.75, 3.05) is 13.1 Å². The molecule has 0 aliphatic carbocycles. The van der Waals surface area contributed by atoms with Gasteiger partial charge in [0.05, 0.1) is 30.2 Å². The molecule has 1 N–H and O–H groups in total. The van der Waals surface area contributed by atoms with Crippen molar-refractivity contribution in [2.45, 2.75) is 32.8 Å². The van der Waals surface area contributed by atoms with Crippen LogP contribution >= 0.6 is 11.3 Å². The third kappa shape index (κ3) is 2.50. The van der Waals surface area contributed by atoms with E-state index in [-0.39, 0.29) is 11.8 Å². The first-order valence-electron chi connectivity index (χ1n) is 5.82. The lowest BCUT2D eigenvalue weighted by atomic mass is 9.83. The molecule has 0 radical (unpaired) electrons. The Labute approximate surface area is 105 Å². The van der Waals surface area contributed by atoms with Gasteiger partial charge in [0, 0.05) is 5.38 Å². The standard InChI is InChI=1S/C12H18N2O2S/c1-8(2)12(16)6-14(7-12)11(15)4-10-5-17-9(3)13-10/h5,8,16H,4,6-7H2,1-3H3. The molecule has 17 heavy (non-hydrogen) atoms. The van der Waals surface area contributed by atoms with Gasteiger partial charge in [0.2, 0.25) is 5.91 Å². The second kappa shape index (κ2) is 4.38. The van der Waals surface area contributed by atoms with Crippen LogP contribution in [-0.4, -0.2) is 39.6 Å². The van der Waals surface area contributed by atoms with Gasteiger partial charge in [-0.15, -0.1) is 11.3 Å². The summed E-state index contributed by atoms with van der Waals surface area (Å²) in [5, 5.41) is 13.0. The molecular formula is C12H18N2O2S. The van der Waals surface area contributed by atoms with Crippen LogP contribution in [0, 0.1) is 12.8 Å². The van der Waals surface area contributed by atoms with Gasteiger partial charge in [-0.1, -0.05) is 13.8 Å². The number of nitrogens with zero attached hydrogens (tertiary/aromatic N) is 2. The maximum absolute atomic E-state index is 11.9. The normalized spacial score (nSPS) is 18.3. The molecule has 2 rings (SSSR count). The average Bonchev–Trinajstić information content (AvgIpc) is 2.58. The predicted octanol–water partition coefficient (Wildman–Crippen LogP) is 1.22.